The summed E-state index contributed by atoms with van der Waals surface area (Å²) in [6, 6.07) is 12.0. The number of sulfonamides is 1. The number of nitrogens with zero attached hydrogens (tertiary/aromatic N) is 1. The molecular weight excluding hydrogens is 422 g/mol. The van der Waals surface area contributed by atoms with Crippen molar-refractivity contribution in [1.29, 1.82) is 0 Å². The lowest BCUT2D eigenvalue weighted by atomic mass is 10.0. The van der Waals surface area contributed by atoms with Gasteiger partial charge in [0.1, 0.15) is 5.75 Å². The van der Waals surface area contributed by atoms with Crippen molar-refractivity contribution in [2.24, 2.45) is 11.7 Å². The van der Waals surface area contributed by atoms with Gasteiger partial charge in [-0.25, -0.2) is 13.2 Å². The highest BCUT2D eigenvalue weighted by Crippen LogP contribution is 2.28. The van der Waals surface area contributed by atoms with E-state index in [4.69, 9.17) is 10.8 Å². The first-order chi connectivity index (χ1) is 14.5. The van der Waals surface area contributed by atoms with Gasteiger partial charge in [0.25, 0.3) is 0 Å². The average molecular weight is 452 g/mol. The van der Waals surface area contributed by atoms with E-state index in [1.807, 2.05) is 49.5 Å². The van der Waals surface area contributed by atoms with Crippen LogP contribution in [0.15, 0.2) is 53.4 Å². The summed E-state index contributed by atoms with van der Waals surface area (Å²) >= 11 is 0. The summed E-state index contributed by atoms with van der Waals surface area (Å²) in [5.74, 6) is -0.442. The number of nitrogens with one attached hydrogen (secondary N) is 1. The number of phenols is 1. The van der Waals surface area contributed by atoms with Crippen LogP contribution in [0.25, 0.3) is 0 Å². The van der Waals surface area contributed by atoms with Crippen LogP contribution in [-0.4, -0.2) is 59.4 Å². The first-order valence-electron chi connectivity index (χ1n) is 9.81. The Morgan fingerprint density at radius 2 is 1.77 bits per heavy atom. The number of anilines is 1. The number of nitrogens with two attached hydrogens (primary N) is 1. The molecule has 0 aliphatic rings. The number of benzene rings is 2. The van der Waals surface area contributed by atoms with Gasteiger partial charge in [-0.3, -0.25) is 5.32 Å². The molecule has 1 amide bonds. The number of hydrogen-bond donors (Lipinski definition) is 5. The third kappa shape index (κ3) is 6.93. The molecule has 10 heteroatoms. The van der Waals surface area contributed by atoms with E-state index in [1.165, 1.54) is 6.07 Å². The summed E-state index contributed by atoms with van der Waals surface area (Å²) in [4.78, 5) is 10.7. The highest BCUT2D eigenvalue weighted by Gasteiger charge is 2.30. The van der Waals surface area contributed by atoms with Gasteiger partial charge in [0.15, 0.2) is 0 Å². The third-order valence-corrected chi connectivity index (χ3v) is 6.44. The molecular formula is C21H29N3O6S. The second kappa shape index (κ2) is 10.6. The van der Waals surface area contributed by atoms with E-state index in [1.54, 1.807) is 0 Å². The molecule has 9 nitrogen and oxygen atoms in total. The van der Waals surface area contributed by atoms with E-state index in [0.29, 0.717) is 6.42 Å². The zero-order valence-corrected chi connectivity index (χ0v) is 18.3. The summed E-state index contributed by atoms with van der Waals surface area (Å²) in [5.41, 5.74) is 6.80. The van der Waals surface area contributed by atoms with Gasteiger partial charge in [-0.05, 0) is 36.1 Å². The molecule has 0 aliphatic carbocycles. The van der Waals surface area contributed by atoms with Gasteiger partial charge in [-0.1, -0.05) is 44.2 Å². The Kier molecular flexibility index (Phi) is 8.40. The van der Waals surface area contributed by atoms with Crippen molar-refractivity contribution in [3.05, 3.63) is 54.1 Å². The van der Waals surface area contributed by atoms with Crippen LogP contribution >= 0.6 is 0 Å². The summed E-state index contributed by atoms with van der Waals surface area (Å²) in [6.45, 7) is 3.58. The normalized spacial score (nSPS) is 13.9. The third-order valence-electron chi connectivity index (χ3n) is 4.62. The predicted molar refractivity (Wildman–Crippen MR) is 117 cm³/mol. The number of rotatable bonds is 10. The number of hydrogen-bond acceptors (Lipinski definition) is 6. The minimum atomic E-state index is -4.10. The van der Waals surface area contributed by atoms with Gasteiger partial charge < -0.3 is 21.1 Å². The van der Waals surface area contributed by atoms with Crippen LogP contribution < -0.4 is 11.1 Å². The van der Waals surface area contributed by atoms with Crippen LogP contribution in [0.4, 0.5) is 10.5 Å². The zero-order valence-electron chi connectivity index (χ0n) is 17.5. The smallest absolute Gasteiger partial charge is 0.409 e. The van der Waals surface area contributed by atoms with E-state index in [2.05, 4.69) is 0 Å². The lowest BCUT2D eigenvalue weighted by Gasteiger charge is -2.29. The van der Waals surface area contributed by atoms with Gasteiger partial charge >= 0.3 is 6.09 Å². The molecule has 0 saturated carbocycles. The number of carboxylic acid groups (broad SMARTS) is 1. The monoisotopic (exact) mass is 451 g/mol. The van der Waals surface area contributed by atoms with Crippen molar-refractivity contribution < 1.29 is 28.5 Å². The Morgan fingerprint density at radius 1 is 1.13 bits per heavy atom. The molecule has 0 saturated heterocycles. The SMILES string of the molecule is CC(C)CN(C[C@H](O)[C@@H](N)Cc1ccccc1)S(=O)(=O)c1ccc(O)c(NC(=O)O)c1. The molecule has 0 radical (unpaired) electrons. The maximum atomic E-state index is 13.3. The number of aliphatic hydroxyl groups excluding tert-OH is 1. The Hall–Kier alpha value is -2.66. The van der Waals surface area contributed by atoms with E-state index in [9.17, 15) is 23.4 Å². The van der Waals surface area contributed by atoms with Crippen LogP contribution in [0.5, 0.6) is 5.75 Å². The van der Waals surface area contributed by atoms with Crippen molar-refractivity contribution >= 4 is 21.8 Å². The summed E-state index contributed by atoms with van der Waals surface area (Å²) in [5, 5.41) is 31.3. The second-order valence-electron chi connectivity index (χ2n) is 7.75. The van der Waals surface area contributed by atoms with E-state index >= 15 is 0 Å². The quantitative estimate of drug-likeness (QED) is 0.347. The predicted octanol–water partition coefficient (Wildman–Crippen LogP) is 2.06. The van der Waals surface area contributed by atoms with Crippen LogP contribution in [-0.2, 0) is 16.4 Å². The molecule has 2 aromatic rings. The fourth-order valence-corrected chi connectivity index (χ4v) is 4.73. The summed E-state index contributed by atoms with van der Waals surface area (Å²) < 4.78 is 27.6. The van der Waals surface area contributed by atoms with Crippen LogP contribution in [0.2, 0.25) is 0 Å². The van der Waals surface area contributed by atoms with Gasteiger partial charge in [0.05, 0.1) is 16.7 Å². The molecule has 0 fully saturated rings. The van der Waals surface area contributed by atoms with Crippen molar-refractivity contribution in [2.45, 2.75) is 37.3 Å². The summed E-state index contributed by atoms with van der Waals surface area (Å²) in [7, 11) is -4.10. The minimum Gasteiger partial charge on any atom is -0.506 e. The van der Waals surface area contributed by atoms with E-state index in [0.717, 1.165) is 22.0 Å². The fraction of sp³-hybridized carbons (Fsp3) is 0.381. The number of phenolic OH excluding ortho intramolecular Hbond substituents is 1. The van der Waals surface area contributed by atoms with Gasteiger partial charge in [-0.2, -0.15) is 4.31 Å². The van der Waals surface area contributed by atoms with Crippen LogP contribution in [0.1, 0.15) is 19.4 Å². The second-order valence-corrected chi connectivity index (χ2v) is 9.68. The number of aliphatic hydroxyl groups is 1. The van der Waals surface area contributed by atoms with Crippen LogP contribution in [0, 0.1) is 5.92 Å². The molecule has 0 aromatic heterocycles. The Bertz CT molecular complexity index is 982. The van der Waals surface area contributed by atoms with E-state index < -0.39 is 34.0 Å². The van der Waals surface area contributed by atoms with Crippen molar-refractivity contribution in [3.8, 4) is 5.75 Å². The number of aromatic hydroxyl groups is 1. The largest absolute Gasteiger partial charge is 0.506 e. The first-order valence-corrected chi connectivity index (χ1v) is 11.3. The van der Waals surface area contributed by atoms with Crippen molar-refractivity contribution in [2.75, 3.05) is 18.4 Å². The minimum absolute atomic E-state index is 0.0407. The standard InChI is InChI=1S/C21H29N3O6S/c1-14(2)12-24(13-20(26)17(22)10-15-6-4-3-5-7-15)31(29,30)16-8-9-19(25)18(11-16)23-21(27)28/h3-9,11,14,17,20,23,25-26H,10,12-13,22H2,1-2H3,(H,27,28)/t17-,20-/m0/s1. The number of amides is 1. The molecule has 0 heterocycles. The van der Waals surface area contributed by atoms with Crippen LogP contribution in [0.3, 0.4) is 0 Å². The molecule has 0 aliphatic heterocycles. The maximum absolute atomic E-state index is 13.3. The Labute approximate surface area is 182 Å². The van der Waals surface area contributed by atoms with Gasteiger partial charge in [-0.15, -0.1) is 0 Å². The van der Waals surface area contributed by atoms with Crippen molar-refractivity contribution in [3.63, 3.8) is 0 Å². The Morgan fingerprint density at radius 3 is 2.35 bits per heavy atom. The fourth-order valence-electron chi connectivity index (χ4n) is 3.08. The lowest BCUT2D eigenvalue weighted by molar-refractivity contribution is 0.116. The zero-order chi connectivity index (χ0) is 23.2. The van der Waals surface area contributed by atoms with E-state index in [-0.39, 0.29) is 29.6 Å². The number of carbonyl (C=O) groups is 1. The topological polar surface area (TPSA) is 153 Å². The highest BCUT2D eigenvalue weighted by atomic mass is 32.2. The molecule has 0 bridgehead atoms. The first kappa shape index (κ1) is 24.6. The molecule has 0 spiro atoms. The molecule has 31 heavy (non-hydrogen) atoms. The molecule has 170 valence electrons. The van der Waals surface area contributed by atoms with Gasteiger partial charge in [0, 0.05) is 19.1 Å². The molecule has 6 N–H and O–H groups in total. The highest BCUT2D eigenvalue weighted by molar-refractivity contribution is 7.89. The van der Waals surface area contributed by atoms with Crippen molar-refractivity contribution in [1.82, 2.24) is 4.31 Å². The maximum Gasteiger partial charge on any atom is 0.409 e. The van der Waals surface area contributed by atoms with Gasteiger partial charge in [0.2, 0.25) is 10.0 Å². The molecule has 2 atom stereocenters. The Balaban J connectivity index is 2.26. The summed E-state index contributed by atoms with van der Waals surface area (Å²) in [6.07, 6.45) is -2.18. The molecule has 2 rings (SSSR count). The molecule has 0 unspecified atom stereocenters. The molecule has 2 aromatic carbocycles. The lowest BCUT2D eigenvalue weighted by Crippen LogP contribution is -2.47. The average Bonchev–Trinajstić information content (AvgIpc) is 2.69.